The van der Waals surface area contributed by atoms with Gasteiger partial charge in [0, 0.05) is 17.0 Å². The van der Waals surface area contributed by atoms with Crippen LogP contribution in [-0.4, -0.2) is 15.6 Å². The summed E-state index contributed by atoms with van der Waals surface area (Å²) in [4.78, 5) is 20.5. The van der Waals surface area contributed by atoms with Gasteiger partial charge < -0.3 is 5.32 Å². The fraction of sp³-hybridized carbons (Fsp3) is 0.290. The van der Waals surface area contributed by atoms with Crippen LogP contribution in [0.5, 0.6) is 0 Å². The van der Waals surface area contributed by atoms with Crippen molar-refractivity contribution in [2.24, 2.45) is 0 Å². The molecule has 0 fully saturated rings. The molecule has 5 aromatic rings. The fourth-order valence-electron chi connectivity index (χ4n) is 6.20. The lowest BCUT2D eigenvalue weighted by Gasteiger charge is -2.32. The van der Waals surface area contributed by atoms with Crippen molar-refractivity contribution >= 4 is 32.3 Å². The van der Waals surface area contributed by atoms with E-state index in [2.05, 4.69) is 72.0 Å². The summed E-state index contributed by atoms with van der Waals surface area (Å²) in [7, 11) is 0. The van der Waals surface area contributed by atoms with E-state index in [0.29, 0.717) is 18.6 Å². The molecular formula is C31H29N3OS. The average Bonchev–Trinajstić information content (AvgIpc) is 3.29. The maximum absolute atomic E-state index is 13.6. The molecule has 0 saturated heterocycles. The Kier molecular flexibility index (Phi) is 5.48. The van der Waals surface area contributed by atoms with Crippen LogP contribution in [0, 0.1) is 0 Å². The van der Waals surface area contributed by atoms with Crippen molar-refractivity contribution in [1.82, 2.24) is 14.9 Å². The highest BCUT2D eigenvalue weighted by Crippen LogP contribution is 2.36. The number of nitrogens with zero attached hydrogens (tertiary/aromatic N) is 2. The van der Waals surface area contributed by atoms with E-state index in [4.69, 9.17) is 4.98 Å². The highest BCUT2D eigenvalue weighted by molar-refractivity contribution is 7.18. The zero-order valence-electron chi connectivity index (χ0n) is 20.2. The van der Waals surface area contributed by atoms with E-state index >= 15 is 0 Å². The number of benzene rings is 3. The minimum atomic E-state index is 0.0956. The monoisotopic (exact) mass is 491 g/mol. The molecule has 0 bridgehead atoms. The number of aryl methyl sites for hydroxylation is 2. The Morgan fingerprint density at radius 1 is 0.972 bits per heavy atom. The summed E-state index contributed by atoms with van der Waals surface area (Å²) >= 11 is 1.72. The molecule has 2 heterocycles. The van der Waals surface area contributed by atoms with Crippen LogP contribution in [0.15, 0.2) is 77.9 Å². The lowest BCUT2D eigenvalue weighted by atomic mass is 9.86. The van der Waals surface area contributed by atoms with E-state index in [-0.39, 0.29) is 5.56 Å². The second kappa shape index (κ2) is 8.99. The maximum Gasteiger partial charge on any atom is 0.262 e. The first-order valence-corrected chi connectivity index (χ1v) is 13.9. The van der Waals surface area contributed by atoms with Gasteiger partial charge in [0.25, 0.3) is 5.56 Å². The summed E-state index contributed by atoms with van der Waals surface area (Å²) in [5.41, 5.74) is 5.43. The molecule has 4 nitrogen and oxygen atoms in total. The molecule has 0 radical (unpaired) electrons. The van der Waals surface area contributed by atoms with Crippen LogP contribution in [0.4, 0.5) is 0 Å². The van der Waals surface area contributed by atoms with E-state index in [1.54, 1.807) is 22.2 Å². The molecule has 2 aromatic heterocycles. The average molecular weight is 492 g/mol. The smallest absolute Gasteiger partial charge is 0.262 e. The summed E-state index contributed by atoms with van der Waals surface area (Å²) in [5, 5.41) is 7.24. The molecule has 2 aliphatic carbocycles. The van der Waals surface area contributed by atoms with E-state index in [9.17, 15) is 4.79 Å². The standard InChI is InChI=1S/C31H29N3OS/c35-31-29-26-15-14-24(33-27-11-5-9-22-7-3-4-10-25(22)27)17-28(26)36-30(29)32-19-34(31)18-20-12-13-21-6-1-2-8-23(21)16-20/h1-4,6-8,10,12-13,16,19,24,27,33H,5,9,11,14-15,17-18H2. The number of hydrogen-bond donors (Lipinski definition) is 1. The van der Waals surface area contributed by atoms with Gasteiger partial charge in [-0.2, -0.15) is 0 Å². The van der Waals surface area contributed by atoms with Crippen molar-refractivity contribution in [1.29, 1.82) is 0 Å². The third-order valence-corrected chi connectivity index (χ3v) is 9.17. The van der Waals surface area contributed by atoms with Crippen LogP contribution in [0.25, 0.3) is 21.0 Å². The highest BCUT2D eigenvalue weighted by atomic mass is 32.1. The first-order chi connectivity index (χ1) is 17.7. The van der Waals surface area contributed by atoms with Crippen molar-refractivity contribution in [3.63, 3.8) is 0 Å². The Morgan fingerprint density at radius 3 is 2.78 bits per heavy atom. The number of aromatic nitrogens is 2. The molecule has 180 valence electrons. The summed E-state index contributed by atoms with van der Waals surface area (Å²) in [5.74, 6) is 0. The van der Waals surface area contributed by atoms with Gasteiger partial charge in [0.1, 0.15) is 4.83 Å². The number of thiophene rings is 1. The molecule has 36 heavy (non-hydrogen) atoms. The lowest BCUT2D eigenvalue weighted by Crippen LogP contribution is -2.38. The second-order valence-electron chi connectivity index (χ2n) is 10.3. The van der Waals surface area contributed by atoms with Gasteiger partial charge >= 0.3 is 0 Å². The second-order valence-corrected chi connectivity index (χ2v) is 11.4. The zero-order chi connectivity index (χ0) is 24.1. The Hall–Kier alpha value is -3.28. The first kappa shape index (κ1) is 22.0. The van der Waals surface area contributed by atoms with Crippen LogP contribution in [0.1, 0.15) is 52.4 Å². The van der Waals surface area contributed by atoms with Gasteiger partial charge in [0.05, 0.1) is 18.3 Å². The van der Waals surface area contributed by atoms with Gasteiger partial charge in [-0.25, -0.2) is 4.98 Å². The van der Waals surface area contributed by atoms with Gasteiger partial charge in [0.15, 0.2) is 0 Å². The van der Waals surface area contributed by atoms with Crippen molar-refractivity contribution in [2.75, 3.05) is 0 Å². The molecule has 0 spiro atoms. The van der Waals surface area contributed by atoms with Gasteiger partial charge in [-0.15, -0.1) is 11.3 Å². The highest BCUT2D eigenvalue weighted by Gasteiger charge is 2.28. The van der Waals surface area contributed by atoms with Gasteiger partial charge in [-0.05, 0) is 77.6 Å². The van der Waals surface area contributed by atoms with E-state index in [1.165, 1.54) is 51.6 Å². The molecule has 0 amide bonds. The molecule has 5 heteroatoms. The lowest BCUT2D eigenvalue weighted by molar-refractivity contribution is 0.370. The van der Waals surface area contributed by atoms with Crippen LogP contribution < -0.4 is 10.9 Å². The molecule has 2 aliphatic rings. The topological polar surface area (TPSA) is 46.9 Å². The molecule has 1 N–H and O–H groups in total. The predicted molar refractivity (Wildman–Crippen MR) is 148 cm³/mol. The molecular weight excluding hydrogens is 462 g/mol. The summed E-state index contributed by atoms with van der Waals surface area (Å²) in [6.07, 6.45) is 8.37. The van der Waals surface area contributed by atoms with Crippen LogP contribution in [0.2, 0.25) is 0 Å². The Labute approximate surface area is 214 Å². The Bertz CT molecular complexity index is 1650. The van der Waals surface area contributed by atoms with Crippen molar-refractivity contribution < 1.29 is 0 Å². The largest absolute Gasteiger partial charge is 0.307 e. The number of rotatable bonds is 4. The summed E-state index contributed by atoms with van der Waals surface area (Å²) in [6.45, 7) is 0.544. The molecule has 2 unspecified atom stereocenters. The van der Waals surface area contributed by atoms with Crippen molar-refractivity contribution in [3.05, 3.63) is 111 Å². The van der Waals surface area contributed by atoms with E-state index in [0.717, 1.165) is 35.0 Å². The minimum Gasteiger partial charge on any atom is -0.307 e. The minimum absolute atomic E-state index is 0.0956. The van der Waals surface area contributed by atoms with Gasteiger partial charge in [0.2, 0.25) is 0 Å². The molecule has 0 saturated carbocycles. The van der Waals surface area contributed by atoms with E-state index < -0.39 is 0 Å². The normalized spacial score (nSPS) is 19.3. The van der Waals surface area contributed by atoms with Gasteiger partial charge in [-0.3, -0.25) is 9.36 Å². The third-order valence-electron chi connectivity index (χ3n) is 8.01. The third kappa shape index (κ3) is 3.87. The van der Waals surface area contributed by atoms with Crippen LogP contribution in [0.3, 0.4) is 0 Å². The van der Waals surface area contributed by atoms with Gasteiger partial charge in [-0.1, -0.05) is 60.7 Å². The maximum atomic E-state index is 13.6. The van der Waals surface area contributed by atoms with Crippen molar-refractivity contribution in [2.45, 2.75) is 57.2 Å². The summed E-state index contributed by atoms with van der Waals surface area (Å²) < 4.78 is 1.78. The van der Waals surface area contributed by atoms with Crippen LogP contribution in [-0.2, 0) is 25.8 Å². The zero-order valence-corrected chi connectivity index (χ0v) is 21.1. The van der Waals surface area contributed by atoms with Crippen LogP contribution >= 0.6 is 11.3 Å². The van der Waals surface area contributed by atoms with Crippen molar-refractivity contribution in [3.8, 4) is 0 Å². The number of nitrogens with one attached hydrogen (secondary N) is 1. The number of hydrogen-bond acceptors (Lipinski definition) is 4. The first-order valence-electron chi connectivity index (χ1n) is 13.0. The SMILES string of the molecule is O=c1c2c3c(sc2ncn1Cc1ccc2ccccc2c1)CC(NC1CCCc2ccccc21)CC3. The molecule has 2 atom stereocenters. The Morgan fingerprint density at radius 2 is 1.83 bits per heavy atom. The summed E-state index contributed by atoms with van der Waals surface area (Å²) in [6, 6.07) is 24.5. The number of fused-ring (bicyclic) bond motifs is 5. The predicted octanol–water partition coefficient (Wildman–Crippen LogP) is 6.18. The fourth-order valence-corrected chi connectivity index (χ4v) is 7.46. The molecule has 0 aliphatic heterocycles. The van der Waals surface area contributed by atoms with E-state index in [1.807, 2.05) is 0 Å². The quantitative estimate of drug-likeness (QED) is 0.326. The Balaban J connectivity index is 1.15. The molecule has 3 aromatic carbocycles. The molecule has 7 rings (SSSR count).